The van der Waals surface area contributed by atoms with E-state index < -0.39 is 17.8 Å². The zero-order valence-corrected chi connectivity index (χ0v) is 11.2. The molecule has 1 heterocycles. The van der Waals surface area contributed by atoms with Crippen molar-refractivity contribution in [3.8, 4) is 0 Å². The van der Waals surface area contributed by atoms with Crippen LogP contribution in [0.1, 0.15) is 34.1 Å². The Hall–Kier alpha value is -2.43. The number of fused-ring (bicyclic) bond motifs is 1. The second-order valence-corrected chi connectivity index (χ2v) is 4.67. The van der Waals surface area contributed by atoms with Gasteiger partial charge in [0.25, 0.3) is 11.8 Å². The molecule has 104 valence electrons. The van der Waals surface area contributed by atoms with E-state index in [0.29, 0.717) is 17.5 Å². The summed E-state index contributed by atoms with van der Waals surface area (Å²) in [5, 5.41) is 0. The minimum atomic E-state index is -0.597. The van der Waals surface area contributed by atoms with Crippen LogP contribution >= 0.6 is 0 Å². The topological polar surface area (TPSA) is 63.7 Å². The predicted octanol–water partition coefficient (Wildman–Crippen LogP) is 1.79. The number of hydrogen-bond donors (Lipinski definition) is 0. The summed E-state index contributed by atoms with van der Waals surface area (Å²) in [5.74, 6) is -1.51. The number of imide groups is 1. The van der Waals surface area contributed by atoms with Crippen molar-refractivity contribution < 1.29 is 19.1 Å². The number of amides is 2. The van der Waals surface area contributed by atoms with Crippen LogP contribution in [-0.4, -0.2) is 35.8 Å². The van der Waals surface area contributed by atoms with Crippen LogP contribution in [0.15, 0.2) is 36.4 Å². The first-order chi connectivity index (χ1) is 9.50. The van der Waals surface area contributed by atoms with Gasteiger partial charge in [-0.1, -0.05) is 17.7 Å². The van der Waals surface area contributed by atoms with E-state index in [4.69, 9.17) is 4.74 Å². The van der Waals surface area contributed by atoms with Gasteiger partial charge in [-0.15, -0.1) is 6.58 Å². The summed E-state index contributed by atoms with van der Waals surface area (Å²) in [5.41, 5.74) is 1.55. The quantitative estimate of drug-likeness (QED) is 0.466. The maximum atomic E-state index is 12.0. The van der Waals surface area contributed by atoms with Crippen molar-refractivity contribution in [2.45, 2.75) is 13.3 Å². The summed E-state index contributed by atoms with van der Waals surface area (Å²) in [6.45, 7) is 5.37. The number of nitrogens with zero attached hydrogens (tertiary/aromatic N) is 1. The molecule has 0 saturated heterocycles. The van der Waals surface area contributed by atoms with Crippen molar-refractivity contribution in [1.82, 2.24) is 4.90 Å². The summed E-state index contributed by atoms with van der Waals surface area (Å²) in [6.07, 6.45) is 0.563. The van der Waals surface area contributed by atoms with Crippen molar-refractivity contribution >= 4 is 17.8 Å². The molecule has 2 rings (SSSR count). The molecule has 1 aliphatic rings. The molecule has 20 heavy (non-hydrogen) atoms. The van der Waals surface area contributed by atoms with Crippen molar-refractivity contribution in [2.75, 3.05) is 13.2 Å². The first-order valence-corrected chi connectivity index (χ1v) is 6.26. The monoisotopic (exact) mass is 273 g/mol. The summed E-state index contributed by atoms with van der Waals surface area (Å²) in [6, 6.07) is 6.50. The van der Waals surface area contributed by atoms with E-state index in [2.05, 4.69) is 6.58 Å². The highest BCUT2D eigenvalue weighted by atomic mass is 16.5. The third-order valence-electron chi connectivity index (χ3n) is 2.96. The summed E-state index contributed by atoms with van der Waals surface area (Å²) >= 11 is 0. The number of carbonyl (C=O) groups excluding carboxylic acids is 3. The highest BCUT2D eigenvalue weighted by Gasteiger charge is 2.36. The summed E-state index contributed by atoms with van der Waals surface area (Å²) < 4.78 is 4.96. The minimum absolute atomic E-state index is 0.206. The van der Waals surface area contributed by atoms with Crippen LogP contribution in [0.5, 0.6) is 0 Å². The molecule has 0 fully saturated rings. The van der Waals surface area contributed by atoms with Crippen LogP contribution in [0.3, 0.4) is 0 Å². The average Bonchev–Trinajstić information content (AvgIpc) is 2.64. The van der Waals surface area contributed by atoms with Crippen molar-refractivity contribution in [2.24, 2.45) is 0 Å². The van der Waals surface area contributed by atoms with Gasteiger partial charge in [0.05, 0.1) is 17.7 Å². The summed E-state index contributed by atoms with van der Waals surface area (Å²) in [7, 11) is 0. The van der Waals surface area contributed by atoms with Gasteiger partial charge in [-0.3, -0.25) is 19.3 Å². The smallest absolute Gasteiger partial charge is 0.326 e. The fourth-order valence-corrected chi connectivity index (χ4v) is 1.90. The maximum absolute atomic E-state index is 12.0. The Morgan fingerprint density at radius 3 is 2.25 bits per heavy atom. The molecule has 0 bridgehead atoms. The molecular formula is C15H15NO4. The standard InChI is InChI=1S/C15H15NO4/c1-10(2)7-8-20-13(17)9-16-14(18)11-5-3-4-6-12(11)15(16)19/h3-6H,1,7-9H2,2H3. The number of hydrogen-bond acceptors (Lipinski definition) is 4. The Balaban J connectivity index is 1.98. The largest absolute Gasteiger partial charge is 0.464 e. The summed E-state index contributed by atoms with van der Waals surface area (Å²) in [4.78, 5) is 36.6. The van der Waals surface area contributed by atoms with Crippen LogP contribution in [0.4, 0.5) is 0 Å². The van der Waals surface area contributed by atoms with Crippen molar-refractivity contribution in [1.29, 1.82) is 0 Å². The van der Waals surface area contributed by atoms with Gasteiger partial charge in [-0.2, -0.15) is 0 Å². The Bertz CT molecular complexity index is 556. The van der Waals surface area contributed by atoms with Crippen LogP contribution in [0.2, 0.25) is 0 Å². The molecule has 0 unspecified atom stereocenters. The lowest BCUT2D eigenvalue weighted by molar-refractivity contribution is -0.143. The van der Waals surface area contributed by atoms with Gasteiger partial charge in [0, 0.05) is 6.42 Å². The maximum Gasteiger partial charge on any atom is 0.326 e. The van der Waals surface area contributed by atoms with Crippen molar-refractivity contribution in [3.05, 3.63) is 47.5 Å². The molecule has 5 nitrogen and oxygen atoms in total. The van der Waals surface area contributed by atoms with Crippen LogP contribution < -0.4 is 0 Å². The third-order valence-corrected chi connectivity index (χ3v) is 2.96. The first kappa shape index (κ1) is 14.0. The highest BCUT2D eigenvalue weighted by molar-refractivity contribution is 6.22. The van der Waals surface area contributed by atoms with Gasteiger partial charge < -0.3 is 4.74 Å². The molecule has 5 heteroatoms. The molecule has 0 N–H and O–H groups in total. The van der Waals surface area contributed by atoms with E-state index in [0.717, 1.165) is 10.5 Å². The van der Waals surface area contributed by atoms with E-state index in [-0.39, 0.29) is 13.2 Å². The predicted molar refractivity (Wildman–Crippen MR) is 72.2 cm³/mol. The average molecular weight is 273 g/mol. The van der Waals surface area contributed by atoms with Gasteiger partial charge in [-0.25, -0.2) is 0 Å². The van der Waals surface area contributed by atoms with Gasteiger partial charge in [0.2, 0.25) is 0 Å². The Labute approximate surface area is 116 Å². The number of rotatable bonds is 5. The lowest BCUT2D eigenvalue weighted by atomic mass is 10.1. The zero-order valence-electron chi connectivity index (χ0n) is 11.2. The van der Waals surface area contributed by atoms with Crippen molar-refractivity contribution in [3.63, 3.8) is 0 Å². The number of carbonyl (C=O) groups is 3. The number of ether oxygens (including phenoxy) is 1. The Morgan fingerprint density at radius 1 is 1.20 bits per heavy atom. The van der Waals surface area contributed by atoms with Crippen LogP contribution in [0.25, 0.3) is 0 Å². The second-order valence-electron chi connectivity index (χ2n) is 4.67. The molecule has 0 saturated carbocycles. The number of esters is 1. The molecule has 1 aromatic carbocycles. The zero-order chi connectivity index (χ0) is 14.7. The van der Waals surface area contributed by atoms with Gasteiger partial charge in [-0.05, 0) is 19.1 Å². The van der Waals surface area contributed by atoms with E-state index >= 15 is 0 Å². The molecule has 0 spiro atoms. The molecule has 2 amide bonds. The van der Waals surface area contributed by atoms with E-state index in [1.54, 1.807) is 24.3 Å². The fourth-order valence-electron chi connectivity index (χ4n) is 1.90. The molecule has 0 radical (unpaired) electrons. The van der Waals surface area contributed by atoms with Crippen LogP contribution in [-0.2, 0) is 9.53 Å². The molecule has 1 aromatic rings. The third kappa shape index (κ3) is 2.77. The van der Waals surface area contributed by atoms with E-state index in [1.807, 2.05) is 6.92 Å². The fraction of sp³-hybridized carbons (Fsp3) is 0.267. The molecule has 1 aliphatic heterocycles. The number of benzene rings is 1. The lowest BCUT2D eigenvalue weighted by Gasteiger charge is -2.12. The van der Waals surface area contributed by atoms with Crippen LogP contribution in [0, 0.1) is 0 Å². The van der Waals surface area contributed by atoms with Gasteiger partial charge >= 0.3 is 5.97 Å². The Morgan fingerprint density at radius 2 is 1.75 bits per heavy atom. The lowest BCUT2D eigenvalue weighted by Crippen LogP contribution is -2.35. The molecule has 0 aliphatic carbocycles. The van der Waals surface area contributed by atoms with E-state index in [9.17, 15) is 14.4 Å². The SMILES string of the molecule is C=C(C)CCOC(=O)CN1C(=O)c2ccccc2C1=O. The molecular weight excluding hydrogens is 258 g/mol. The highest BCUT2D eigenvalue weighted by Crippen LogP contribution is 2.22. The van der Waals surface area contributed by atoms with Gasteiger partial charge in [0.1, 0.15) is 6.54 Å². The van der Waals surface area contributed by atoms with Gasteiger partial charge in [0.15, 0.2) is 0 Å². The molecule has 0 aromatic heterocycles. The second kappa shape index (κ2) is 5.69. The normalized spacial score (nSPS) is 13.3. The molecule has 0 atom stereocenters. The Kier molecular flexibility index (Phi) is 3.98. The first-order valence-electron chi connectivity index (χ1n) is 6.26. The minimum Gasteiger partial charge on any atom is -0.464 e. The van der Waals surface area contributed by atoms with E-state index in [1.165, 1.54) is 0 Å².